The lowest BCUT2D eigenvalue weighted by Gasteiger charge is -2.16. The van der Waals surface area contributed by atoms with Crippen molar-refractivity contribution in [1.29, 1.82) is 0 Å². The average molecular weight is 408 g/mol. The molecular formula is C21H29NO5S. The summed E-state index contributed by atoms with van der Waals surface area (Å²) in [6.45, 7) is 7.31. The fourth-order valence-corrected chi connectivity index (χ4v) is 3.39. The van der Waals surface area contributed by atoms with E-state index in [1.165, 1.54) is 17.2 Å². The Balaban J connectivity index is 1.74. The summed E-state index contributed by atoms with van der Waals surface area (Å²) in [6, 6.07) is 10.9. The third-order valence-electron chi connectivity index (χ3n) is 4.34. The van der Waals surface area contributed by atoms with Gasteiger partial charge in [0.1, 0.15) is 35.7 Å². The molecule has 1 atom stereocenters. The van der Waals surface area contributed by atoms with Gasteiger partial charge in [-0.15, -0.1) is 0 Å². The van der Waals surface area contributed by atoms with Gasteiger partial charge >= 0.3 is 0 Å². The second kappa shape index (κ2) is 9.91. The second-order valence-corrected chi connectivity index (χ2v) is 8.97. The highest BCUT2D eigenvalue weighted by atomic mass is 32.2. The number of sulfone groups is 1. The molecule has 0 aliphatic carbocycles. The third-order valence-corrected chi connectivity index (χ3v) is 5.47. The van der Waals surface area contributed by atoms with Gasteiger partial charge in [0, 0.05) is 19.3 Å². The first-order valence-corrected chi connectivity index (χ1v) is 11.1. The molecule has 0 aliphatic rings. The molecule has 0 saturated heterocycles. The van der Waals surface area contributed by atoms with Gasteiger partial charge < -0.3 is 19.9 Å². The van der Waals surface area contributed by atoms with Crippen LogP contribution in [0, 0.1) is 20.8 Å². The molecule has 0 aromatic heterocycles. The molecule has 0 bridgehead atoms. The number of aliphatic hydroxyl groups is 1. The summed E-state index contributed by atoms with van der Waals surface area (Å²) in [5, 5.41) is 13.2. The fraction of sp³-hybridized carbons (Fsp3) is 0.429. The van der Waals surface area contributed by atoms with E-state index < -0.39 is 15.9 Å². The minimum Gasteiger partial charge on any atom is -0.492 e. The van der Waals surface area contributed by atoms with Gasteiger partial charge in [-0.25, -0.2) is 8.42 Å². The van der Waals surface area contributed by atoms with Gasteiger partial charge in [-0.1, -0.05) is 12.1 Å². The normalized spacial score (nSPS) is 12.6. The van der Waals surface area contributed by atoms with Crippen molar-refractivity contribution in [2.75, 3.05) is 32.6 Å². The van der Waals surface area contributed by atoms with Gasteiger partial charge in [-0.2, -0.15) is 0 Å². The van der Waals surface area contributed by atoms with Gasteiger partial charge in [-0.05, 0) is 61.7 Å². The standard InChI is InChI=1S/C21H29NO5S/c1-15-5-8-21(28(4,24)25)20(11-15)27-14-18(23)13-22-9-10-26-19-7-6-16(2)17(3)12-19/h5-8,11-12,18,22-23H,9-10,13-14H2,1-4H3. The maximum absolute atomic E-state index is 11.8. The van der Waals surface area contributed by atoms with Crippen LogP contribution >= 0.6 is 0 Å². The molecule has 1 unspecified atom stereocenters. The van der Waals surface area contributed by atoms with Crippen molar-refractivity contribution >= 4 is 9.84 Å². The minimum atomic E-state index is -3.39. The molecule has 2 rings (SSSR count). The Kier molecular flexibility index (Phi) is 7.86. The van der Waals surface area contributed by atoms with E-state index in [1.54, 1.807) is 12.1 Å². The predicted molar refractivity (Wildman–Crippen MR) is 110 cm³/mol. The minimum absolute atomic E-state index is 0.00299. The monoisotopic (exact) mass is 407 g/mol. The molecular weight excluding hydrogens is 378 g/mol. The van der Waals surface area contributed by atoms with Crippen molar-refractivity contribution < 1.29 is 23.0 Å². The SMILES string of the molecule is Cc1ccc(S(C)(=O)=O)c(OCC(O)CNCCOc2ccc(C)c(C)c2)c1. The number of nitrogens with one attached hydrogen (secondary N) is 1. The number of hydrogen-bond donors (Lipinski definition) is 2. The Hall–Kier alpha value is -2.09. The van der Waals surface area contributed by atoms with Crippen molar-refractivity contribution in [3.05, 3.63) is 53.1 Å². The Bertz CT molecular complexity index is 896. The van der Waals surface area contributed by atoms with E-state index in [-0.39, 0.29) is 17.3 Å². The van der Waals surface area contributed by atoms with Crippen LogP contribution in [-0.4, -0.2) is 52.2 Å². The van der Waals surface area contributed by atoms with Crippen LogP contribution in [-0.2, 0) is 9.84 Å². The predicted octanol–water partition coefficient (Wildman–Crippen LogP) is 2.42. The second-order valence-electron chi connectivity index (χ2n) is 6.99. The summed E-state index contributed by atoms with van der Waals surface area (Å²) in [7, 11) is -3.39. The Morgan fingerprint density at radius 2 is 1.79 bits per heavy atom. The number of aryl methyl sites for hydroxylation is 3. The van der Waals surface area contributed by atoms with E-state index >= 15 is 0 Å². The van der Waals surface area contributed by atoms with E-state index in [0.29, 0.717) is 19.7 Å². The first-order chi connectivity index (χ1) is 13.2. The fourth-order valence-electron chi connectivity index (χ4n) is 2.59. The summed E-state index contributed by atoms with van der Waals surface area (Å²) in [5.41, 5.74) is 3.29. The maximum atomic E-state index is 11.8. The van der Waals surface area contributed by atoms with Crippen molar-refractivity contribution in [2.45, 2.75) is 31.8 Å². The summed E-state index contributed by atoms with van der Waals surface area (Å²) in [5.74, 6) is 1.08. The van der Waals surface area contributed by atoms with E-state index in [1.807, 2.05) is 32.0 Å². The first kappa shape index (κ1) is 22.2. The van der Waals surface area contributed by atoms with Crippen molar-refractivity contribution in [3.8, 4) is 11.5 Å². The van der Waals surface area contributed by atoms with Crippen molar-refractivity contribution in [1.82, 2.24) is 5.32 Å². The molecule has 0 amide bonds. The summed E-state index contributed by atoms with van der Waals surface area (Å²) in [6.07, 6.45) is 0.368. The Morgan fingerprint density at radius 3 is 2.46 bits per heavy atom. The average Bonchev–Trinajstić information content (AvgIpc) is 2.61. The van der Waals surface area contributed by atoms with Gasteiger partial charge in [-0.3, -0.25) is 0 Å². The number of hydrogen-bond acceptors (Lipinski definition) is 6. The lowest BCUT2D eigenvalue weighted by molar-refractivity contribution is 0.104. The highest BCUT2D eigenvalue weighted by molar-refractivity contribution is 7.90. The van der Waals surface area contributed by atoms with Gasteiger partial charge in [0.15, 0.2) is 9.84 Å². The molecule has 2 aromatic rings. The Morgan fingerprint density at radius 1 is 1.04 bits per heavy atom. The van der Waals surface area contributed by atoms with Crippen molar-refractivity contribution in [2.24, 2.45) is 0 Å². The molecule has 154 valence electrons. The van der Waals surface area contributed by atoms with E-state index in [4.69, 9.17) is 9.47 Å². The van der Waals surface area contributed by atoms with Gasteiger partial charge in [0.2, 0.25) is 0 Å². The molecule has 0 saturated carbocycles. The van der Waals surface area contributed by atoms with E-state index in [0.717, 1.165) is 17.6 Å². The van der Waals surface area contributed by atoms with Crippen LogP contribution in [0.5, 0.6) is 11.5 Å². The number of rotatable bonds is 10. The zero-order valence-corrected chi connectivity index (χ0v) is 17.7. The summed E-state index contributed by atoms with van der Waals surface area (Å²) < 4.78 is 34.9. The molecule has 0 heterocycles. The number of aliphatic hydroxyl groups excluding tert-OH is 1. The lowest BCUT2D eigenvalue weighted by atomic mass is 10.1. The molecule has 2 N–H and O–H groups in total. The molecule has 6 nitrogen and oxygen atoms in total. The van der Waals surface area contributed by atoms with Crippen LogP contribution in [0.2, 0.25) is 0 Å². The molecule has 0 spiro atoms. The van der Waals surface area contributed by atoms with E-state index in [9.17, 15) is 13.5 Å². The van der Waals surface area contributed by atoms with E-state index in [2.05, 4.69) is 12.2 Å². The quantitative estimate of drug-likeness (QED) is 0.589. The highest BCUT2D eigenvalue weighted by Gasteiger charge is 2.16. The zero-order valence-electron chi connectivity index (χ0n) is 16.9. The maximum Gasteiger partial charge on any atom is 0.179 e. The smallest absolute Gasteiger partial charge is 0.179 e. The molecule has 28 heavy (non-hydrogen) atoms. The molecule has 2 aromatic carbocycles. The van der Waals surface area contributed by atoms with Crippen molar-refractivity contribution in [3.63, 3.8) is 0 Å². The lowest BCUT2D eigenvalue weighted by Crippen LogP contribution is -2.33. The number of benzene rings is 2. The topological polar surface area (TPSA) is 84.9 Å². The van der Waals surface area contributed by atoms with Crippen LogP contribution in [0.3, 0.4) is 0 Å². The van der Waals surface area contributed by atoms with Crippen LogP contribution in [0.15, 0.2) is 41.3 Å². The van der Waals surface area contributed by atoms with Gasteiger partial charge in [0.05, 0.1) is 0 Å². The van der Waals surface area contributed by atoms with Gasteiger partial charge in [0.25, 0.3) is 0 Å². The Labute approximate surface area is 167 Å². The molecule has 0 radical (unpaired) electrons. The summed E-state index contributed by atoms with van der Waals surface area (Å²) in [4.78, 5) is 0.125. The van der Waals surface area contributed by atoms with Crippen LogP contribution in [0.1, 0.15) is 16.7 Å². The van der Waals surface area contributed by atoms with Crippen LogP contribution in [0.25, 0.3) is 0 Å². The summed E-state index contributed by atoms with van der Waals surface area (Å²) >= 11 is 0. The molecule has 0 aliphatic heterocycles. The molecule has 0 fully saturated rings. The highest BCUT2D eigenvalue weighted by Crippen LogP contribution is 2.25. The van der Waals surface area contributed by atoms with Crippen LogP contribution < -0.4 is 14.8 Å². The third kappa shape index (κ3) is 6.82. The number of ether oxygens (including phenoxy) is 2. The molecule has 7 heteroatoms. The first-order valence-electron chi connectivity index (χ1n) is 9.19. The zero-order chi connectivity index (χ0) is 20.7. The largest absolute Gasteiger partial charge is 0.492 e. The van der Waals surface area contributed by atoms with Crippen LogP contribution in [0.4, 0.5) is 0 Å².